The SMILES string of the molecule is CC(NS(=O)(=O)c1cccnc1Cl)c1ccccn1. The predicted octanol–water partition coefficient (Wildman–Crippen LogP) is 2.17. The van der Waals surface area contributed by atoms with Crippen LogP contribution in [0.2, 0.25) is 5.15 Å². The summed E-state index contributed by atoms with van der Waals surface area (Å²) in [5, 5.41) is -0.0526. The van der Waals surface area contributed by atoms with Gasteiger partial charge in [-0.2, -0.15) is 0 Å². The molecule has 0 fully saturated rings. The van der Waals surface area contributed by atoms with Gasteiger partial charge >= 0.3 is 0 Å². The molecular weight excluding hydrogens is 286 g/mol. The van der Waals surface area contributed by atoms with Gasteiger partial charge in [0.2, 0.25) is 10.0 Å². The Kier molecular flexibility index (Phi) is 4.14. The lowest BCUT2D eigenvalue weighted by Gasteiger charge is -2.14. The van der Waals surface area contributed by atoms with Crippen molar-refractivity contribution < 1.29 is 8.42 Å². The van der Waals surface area contributed by atoms with Gasteiger partial charge in [-0.25, -0.2) is 18.1 Å². The van der Waals surface area contributed by atoms with Gasteiger partial charge in [0.15, 0.2) is 0 Å². The number of nitrogens with one attached hydrogen (secondary N) is 1. The second kappa shape index (κ2) is 5.64. The van der Waals surface area contributed by atoms with E-state index in [9.17, 15) is 8.42 Å². The molecule has 0 aliphatic carbocycles. The van der Waals surface area contributed by atoms with Crippen LogP contribution in [0.5, 0.6) is 0 Å². The summed E-state index contributed by atoms with van der Waals surface area (Å²) in [5.41, 5.74) is 0.631. The Morgan fingerprint density at radius 2 is 1.89 bits per heavy atom. The maximum atomic E-state index is 12.2. The fourth-order valence-corrected chi connectivity index (χ4v) is 3.23. The Bertz CT molecular complexity index is 662. The van der Waals surface area contributed by atoms with Gasteiger partial charge < -0.3 is 0 Å². The van der Waals surface area contributed by atoms with Crippen LogP contribution < -0.4 is 4.72 Å². The number of pyridine rings is 2. The summed E-state index contributed by atoms with van der Waals surface area (Å²) in [7, 11) is -3.72. The number of aromatic nitrogens is 2. The van der Waals surface area contributed by atoms with Crippen LogP contribution in [0, 0.1) is 0 Å². The molecule has 2 aromatic rings. The Hall–Kier alpha value is -1.50. The van der Waals surface area contributed by atoms with E-state index in [0.29, 0.717) is 5.69 Å². The molecule has 0 spiro atoms. The van der Waals surface area contributed by atoms with Gasteiger partial charge in [0.1, 0.15) is 10.0 Å². The largest absolute Gasteiger partial charge is 0.260 e. The van der Waals surface area contributed by atoms with Crippen LogP contribution in [0.4, 0.5) is 0 Å². The van der Waals surface area contributed by atoms with Crippen molar-refractivity contribution in [1.29, 1.82) is 0 Å². The number of halogens is 1. The van der Waals surface area contributed by atoms with Crippen molar-refractivity contribution in [1.82, 2.24) is 14.7 Å². The van der Waals surface area contributed by atoms with Gasteiger partial charge in [-0.1, -0.05) is 17.7 Å². The fourth-order valence-electron chi connectivity index (χ4n) is 1.56. The fraction of sp³-hybridized carbons (Fsp3) is 0.167. The molecule has 5 nitrogen and oxygen atoms in total. The Labute approximate surface area is 116 Å². The summed E-state index contributed by atoms with van der Waals surface area (Å²) in [6.07, 6.45) is 3.04. The molecule has 1 atom stereocenters. The second-order valence-electron chi connectivity index (χ2n) is 3.89. The van der Waals surface area contributed by atoms with E-state index in [2.05, 4.69) is 14.7 Å². The van der Waals surface area contributed by atoms with Crippen LogP contribution in [0.3, 0.4) is 0 Å². The highest BCUT2D eigenvalue weighted by Crippen LogP contribution is 2.20. The first kappa shape index (κ1) is 13.9. The average molecular weight is 298 g/mol. The molecule has 0 aliphatic rings. The second-order valence-corrected chi connectivity index (χ2v) is 5.93. The molecule has 0 amide bonds. The zero-order valence-corrected chi connectivity index (χ0v) is 11.7. The third-order valence-corrected chi connectivity index (χ3v) is 4.46. The summed E-state index contributed by atoms with van der Waals surface area (Å²) >= 11 is 5.79. The number of sulfonamides is 1. The molecule has 2 heterocycles. The molecule has 0 saturated heterocycles. The van der Waals surface area contributed by atoms with Crippen molar-refractivity contribution in [3.05, 3.63) is 53.6 Å². The van der Waals surface area contributed by atoms with Gasteiger partial charge in [-0.05, 0) is 31.2 Å². The molecule has 0 bridgehead atoms. The van der Waals surface area contributed by atoms with E-state index in [1.807, 2.05) is 0 Å². The van der Waals surface area contributed by atoms with Gasteiger partial charge in [0, 0.05) is 12.4 Å². The molecular formula is C12H12ClN3O2S. The lowest BCUT2D eigenvalue weighted by molar-refractivity contribution is 0.563. The summed E-state index contributed by atoms with van der Waals surface area (Å²) in [5.74, 6) is 0. The van der Waals surface area contributed by atoms with Crippen molar-refractivity contribution in [3.63, 3.8) is 0 Å². The average Bonchev–Trinajstić information content (AvgIpc) is 2.39. The van der Waals surface area contributed by atoms with Gasteiger partial charge in [0.05, 0.1) is 11.7 Å². The molecule has 0 aliphatic heterocycles. The van der Waals surface area contributed by atoms with Crippen LogP contribution >= 0.6 is 11.6 Å². The molecule has 0 saturated carbocycles. The van der Waals surface area contributed by atoms with Crippen LogP contribution in [0.25, 0.3) is 0 Å². The minimum Gasteiger partial charge on any atom is -0.260 e. The van der Waals surface area contributed by atoms with E-state index in [4.69, 9.17) is 11.6 Å². The normalized spacial score (nSPS) is 13.2. The highest BCUT2D eigenvalue weighted by molar-refractivity contribution is 7.89. The summed E-state index contributed by atoms with van der Waals surface area (Å²) in [6.45, 7) is 1.71. The van der Waals surface area contributed by atoms with Crippen molar-refractivity contribution in [2.45, 2.75) is 17.9 Å². The maximum absolute atomic E-state index is 12.2. The molecule has 7 heteroatoms. The lowest BCUT2D eigenvalue weighted by atomic mass is 10.2. The van der Waals surface area contributed by atoms with Gasteiger partial charge in [0.25, 0.3) is 0 Å². The molecule has 100 valence electrons. The maximum Gasteiger partial charge on any atom is 0.244 e. The number of nitrogens with zero attached hydrogens (tertiary/aromatic N) is 2. The van der Waals surface area contributed by atoms with Crippen LogP contribution in [0.15, 0.2) is 47.6 Å². The first-order chi connectivity index (χ1) is 9.00. The zero-order chi connectivity index (χ0) is 13.9. The minimum atomic E-state index is -3.72. The molecule has 2 aromatic heterocycles. The molecule has 0 radical (unpaired) electrons. The number of rotatable bonds is 4. The molecule has 0 aromatic carbocycles. The Morgan fingerprint density at radius 1 is 1.16 bits per heavy atom. The van der Waals surface area contributed by atoms with Crippen LogP contribution in [0.1, 0.15) is 18.7 Å². The third-order valence-electron chi connectivity index (χ3n) is 2.48. The van der Waals surface area contributed by atoms with E-state index in [1.54, 1.807) is 31.3 Å². The van der Waals surface area contributed by atoms with Crippen LogP contribution in [-0.2, 0) is 10.0 Å². The minimum absolute atomic E-state index is 0.0422. The number of hydrogen-bond acceptors (Lipinski definition) is 4. The van der Waals surface area contributed by atoms with Crippen molar-refractivity contribution >= 4 is 21.6 Å². The molecule has 19 heavy (non-hydrogen) atoms. The van der Waals surface area contributed by atoms with E-state index < -0.39 is 16.1 Å². The van der Waals surface area contributed by atoms with Gasteiger partial charge in [-0.3, -0.25) is 4.98 Å². The lowest BCUT2D eigenvalue weighted by Crippen LogP contribution is -2.27. The topological polar surface area (TPSA) is 72.0 Å². The van der Waals surface area contributed by atoms with Crippen LogP contribution in [-0.4, -0.2) is 18.4 Å². The van der Waals surface area contributed by atoms with E-state index in [1.165, 1.54) is 18.3 Å². The zero-order valence-electron chi connectivity index (χ0n) is 10.1. The predicted molar refractivity (Wildman–Crippen MR) is 72.2 cm³/mol. The van der Waals surface area contributed by atoms with Gasteiger partial charge in [-0.15, -0.1) is 0 Å². The first-order valence-corrected chi connectivity index (χ1v) is 7.40. The number of hydrogen-bond donors (Lipinski definition) is 1. The summed E-state index contributed by atoms with van der Waals surface area (Å²) in [6, 6.07) is 7.78. The highest BCUT2D eigenvalue weighted by Gasteiger charge is 2.21. The van der Waals surface area contributed by atoms with E-state index in [-0.39, 0.29) is 10.0 Å². The standard InChI is InChI=1S/C12H12ClN3O2S/c1-9(10-5-2-3-7-14-10)16-19(17,18)11-6-4-8-15-12(11)13/h2-9,16H,1H3. The van der Waals surface area contributed by atoms with Crippen molar-refractivity contribution in [2.75, 3.05) is 0 Å². The van der Waals surface area contributed by atoms with Crippen molar-refractivity contribution in [2.24, 2.45) is 0 Å². The molecule has 1 N–H and O–H groups in total. The monoisotopic (exact) mass is 297 g/mol. The van der Waals surface area contributed by atoms with E-state index >= 15 is 0 Å². The first-order valence-electron chi connectivity index (χ1n) is 5.54. The molecule has 2 rings (SSSR count). The third kappa shape index (κ3) is 3.28. The van der Waals surface area contributed by atoms with Crippen molar-refractivity contribution in [3.8, 4) is 0 Å². The highest BCUT2D eigenvalue weighted by atomic mass is 35.5. The molecule has 1 unspecified atom stereocenters. The quantitative estimate of drug-likeness (QED) is 0.878. The van der Waals surface area contributed by atoms with E-state index in [0.717, 1.165) is 0 Å². The Balaban J connectivity index is 2.26. The Morgan fingerprint density at radius 3 is 2.53 bits per heavy atom. The summed E-state index contributed by atoms with van der Waals surface area (Å²) < 4.78 is 26.9. The summed E-state index contributed by atoms with van der Waals surface area (Å²) in [4.78, 5) is 7.82. The smallest absolute Gasteiger partial charge is 0.244 e.